The molecule has 2 aliphatic heterocycles. The predicted molar refractivity (Wildman–Crippen MR) is 110 cm³/mol. The molecule has 0 saturated carbocycles. The van der Waals surface area contributed by atoms with Gasteiger partial charge in [0, 0.05) is 38.6 Å². The van der Waals surface area contributed by atoms with E-state index in [1.54, 1.807) is 4.90 Å². The zero-order valence-corrected chi connectivity index (χ0v) is 16.8. The molecule has 0 unspecified atom stereocenters. The first-order valence-corrected chi connectivity index (χ1v) is 9.96. The summed E-state index contributed by atoms with van der Waals surface area (Å²) in [5.74, 6) is 1.20. The fourth-order valence-electron chi connectivity index (χ4n) is 3.96. The molecule has 2 aromatic rings. The summed E-state index contributed by atoms with van der Waals surface area (Å²) in [6.45, 7) is 3.07. The molecular formula is C23H26N2O4. The predicted octanol–water partition coefficient (Wildman–Crippen LogP) is 2.57. The van der Waals surface area contributed by atoms with Crippen molar-refractivity contribution in [2.75, 3.05) is 20.3 Å². The Morgan fingerprint density at radius 2 is 1.93 bits per heavy atom. The van der Waals surface area contributed by atoms with Gasteiger partial charge in [-0.05, 0) is 42.3 Å². The van der Waals surface area contributed by atoms with Crippen LogP contribution in [-0.2, 0) is 22.5 Å². The third kappa shape index (κ3) is 3.60. The molecule has 2 aromatic carbocycles. The number of aliphatic hydroxyl groups excluding tert-OH is 1. The fourth-order valence-corrected chi connectivity index (χ4v) is 3.96. The highest BCUT2D eigenvalue weighted by Gasteiger charge is 2.52. The van der Waals surface area contributed by atoms with Crippen molar-refractivity contribution in [3.63, 3.8) is 0 Å². The fraction of sp³-hybridized carbons (Fsp3) is 0.391. The number of hydrogen-bond acceptors (Lipinski definition) is 5. The maximum absolute atomic E-state index is 13.3. The van der Waals surface area contributed by atoms with E-state index in [-0.39, 0.29) is 18.6 Å². The average Bonchev–Trinajstić information content (AvgIpc) is 3.01. The number of amides is 1. The van der Waals surface area contributed by atoms with Crippen molar-refractivity contribution in [2.24, 2.45) is 4.99 Å². The minimum Gasteiger partial charge on any atom is -0.494 e. The Kier molecular flexibility index (Phi) is 5.28. The summed E-state index contributed by atoms with van der Waals surface area (Å²) in [5, 5.41) is 8.86. The monoisotopic (exact) mass is 394 g/mol. The second-order valence-electron chi connectivity index (χ2n) is 7.66. The van der Waals surface area contributed by atoms with E-state index in [2.05, 4.69) is 12.1 Å². The number of hydrogen-bond donors (Lipinski definition) is 1. The van der Waals surface area contributed by atoms with Gasteiger partial charge in [0.05, 0.1) is 6.61 Å². The van der Waals surface area contributed by atoms with Crippen LogP contribution in [-0.4, -0.2) is 53.7 Å². The van der Waals surface area contributed by atoms with E-state index in [0.29, 0.717) is 31.9 Å². The van der Waals surface area contributed by atoms with Gasteiger partial charge >= 0.3 is 0 Å². The van der Waals surface area contributed by atoms with Crippen LogP contribution >= 0.6 is 0 Å². The lowest BCUT2D eigenvalue weighted by Crippen LogP contribution is -2.51. The second kappa shape index (κ2) is 7.87. The van der Waals surface area contributed by atoms with Gasteiger partial charge in [0.2, 0.25) is 5.90 Å². The number of carbonyl (C=O) groups excluding carboxylic acids is 1. The van der Waals surface area contributed by atoms with Crippen LogP contribution in [0.4, 0.5) is 0 Å². The number of carbonyl (C=O) groups is 1. The Morgan fingerprint density at radius 3 is 2.66 bits per heavy atom. The summed E-state index contributed by atoms with van der Waals surface area (Å²) in [6, 6.07) is 15.6. The van der Waals surface area contributed by atoms with Crippen molar-refractivity contribution in [2.45, 2.75) is 38.0 Å². The van der Waals surface area contributed by atoms with Gasteiger partial charge in [0.25, 0.3) is 5.91 Å². The van der Waals surface area contributed by atoms with E-state index in [9.17, 15) is 4.79 Å². The summed E-state index contributed by atoms with van der Waals surface area (Å²) < 4.78 is 11.7. The molecule has 2 heterocycles. The minimum atomic E-state index is -0.951. The van der Waals surface area contributed by atoms with E-state index in [0.717, 1.165) is 22.4 Å². The van der Waals surface area contributed by atoms with E-state index in [4.69, 9.17) is 19.6 Å². The van der Waals surface area contributed by atoms with Crippen LogP contribution in [0.2, 0.25) is 0 Å². The highest BCUT2D eigenvalue weighted by atomic mass is 16.5. The standard InChI is InChI=1S/C23H26N2O4/c1-16-23(14-18-6-3-4-7-19(18)15-25(2)22(23)27)24-21(29-16)17-8-10-20(11-9-17)28-13-5-12-26/h3-4,6-11,16,26H,5,12-15H2,1-2H3/t16-,23-/m1/s1. The van der Waals surface area contributed by atoms with Crippen molar-refractivity contribution in [1.29, 1.82) is 0 Å². The smallest absolute Gasteiger partial charge is 0.254 e. The maximum Gasteiger partial charge on any atom is 0.254 e. The summed E-state index contributed by atoms with van der Waals surface area (Å²) >= 11 is 0. The first-order valence-electron chi connectivity index (χ1n) is 9.96. The Bertz CT molecular complexity index is 925. The third-order valence-corrected chi connectivity index (χ3v) is 5.64. The van der Waals surface area contributed by atoms with E-state index in [1.807, 2.05) is 50.4 Å². The molecule has 0 aliphatic carbocycles. The summed E-state index contributed by atoms with van der Waals surface area (Å²) in [7, 11) is 1.82. The highest BCUT2D eigenvalue weighted by molar-refractivity contribution is 6.01. The maximum atomic E-state index is 13.3. The lowest BCUT2D eigenvalue weighted by atomic mass is 9.86. The van der Waals surface area contributed by atoms with Gasteiger partial charge in [-0.3, -0.25) is 4.79 Å². The summed E-state index contributed by atoms with van der Waals surface area (Å²) in [5.41, 5.74) is 2.16. The van der Waals surface area contributed by atoms with Gasteiger partial charge in [-0.2, -0.15) is 0 Å². The largest absolute Gasteiger partial charge is 0.494 e. The van der Waals surface area contributed by atoms with Crippen molar-refractivity contribution in [1.82, 2.24) is 4.90 Å². The number of benzene rings is 2. The molecule has 2 aliphatic rings. The highest BCUT2D eigenvalue weighted by Crippen LogP contribution is 2.37. The Labute approximate surface area is 170 Å². The number of aliphatic imine (C=N–C) groups is 1. The van der Waals surface area contributed by atoms with Crippen LogP contribution in [0.3, 0.4) is 0 Å². The van der Waals surface area contributed by atoms with Gasteiger partial charge in [0.1, 0.15) is 11.9 Å². The van der Waals surface area contributed by atoms with Crippen LogP contribution in [0.15, 0.2) is 53.5 Å². The molecule has 0 radical (unpaired) electrons. The molecule has 0 saturated heterocycles. The molecule has 6 heteroatoms. The van der Waals surface area contributed by atoms with Crippen LogP contribution in [0.5, 0.6) is 5.75 Å². The van der Waals surface area contributed by atoms with Crippen molar-refractivity contribution < 1.29 is 19.4 Å². The van der Waals surface area contributed by atoms with E-state index in [1.165, 1.54) is 0 Å². The Hall–Kier alpha value is -2.86. The number of likely N-dealkylation sites (N-methyl/N-ethyl adjacent to an activating group) is 1. The third-order valence-electron chi connectivity index (χ3n) is 5.64. The number of fused-ring (bicyclic) bond motifs is 1. The summed E-state index contributed by atoms with van der Waals surface area (Å²) in [4.78, 5) is 19.9. The molecule has 29 heavy (non-hydrogen) atoms. The Morgan fingerprint density at radius 1 is 1.21 bits per heavy atom. The van der Waals surface area contributed by atoms with Crippen molar-refractivity contribution in [3.05, 3.63) is 65.2 Å². The summed E-state index contributed by atoms with van der Waals surface area (Å²) in [6.07, 6.45) is 0.757. The molecule has 2 atom stereocenters. The second-order valence-corrected chi connectivity index (χ2v) is 7.66. The van der Waals surface area contributed by atoms with Crippen molar-refractivity contribution in [3.8, 4) is 5.75 Å². The van der Waals surface area contributed by atoms with Crippen LogP contribution < -0.4 is 4.74 Å². The lowest BCUT2D eigenvalue weighted by Gasteiger charge is -2.29. The number of rotatable bonds is 5. The Balaban J connectivity index is 1.64. The topological polar surface area (TPSA) is 71.4 Å². The minimum absolute atomic E-state index is 0.0137. The van der Waals surface area contributed by atoms with Gasteiger partial charge in [0.15, 0.2) is 5.54 Å². The van der Waals surface area contributed by atoms with E-state index >= 15 is 0 Å². The van der Waals surface area contributed by atoms with Gasteiger partial charge < -0.3 is 19.5 Å². The average molecular weight is 394 g/mol. The van der Waals surface area contributed by atoms with Gasteiger partial charge in [-0.25, -0.2) is 4.99 Å². The number of nitrogens with zero attached hydrogens (tertiary/aromatic N) is 2. The molecule has 0 fully saturated rings. The molecule has 1 N–H and O–H groups in total. The zero-order chi connectivity index (χ0) is 20.4. The van der Waals surface area contributed by atoms with Crippen LogP contribution in [0, 0.1) is 0 Å². The number of aliphatic hydroxyl groups is 1. The molecular weight excluding hydrogens is 368 g/mol. The molecule has 152 valence electrons. The first-order chi connectivity index (χ1) is 14.0. The number of ether oxygens (including phenoxy) is 2. The molecule has 1 spiro atoms. The molecule has 0 bridgehead atoms. The SMILES string of the molecule is C[C@H]1OC(c2ccc(OCCCO)cc2)=N[C@]12Cc1ccccc1CN(C)C2=O. The molecule has 0 aromatic heterocycles. The van der Waals surface area contributed by atoms with Gasteiger partial charge in [-0.1, -0.05) is 24.3 Å². The van der Waals surface area contributed by atoms with Gasteiger partial charge in [-0.15, -0.1) is 0 Å². The van der Waals surface area contributed by atoms with Crippen molar-refractivity contribution >= 4 is 11.8 Å². The normalized spacial score (nSPS) is 23.4. The first kappa shape index (κ1) is 19.5. The van der Waals surface area contributed by atoms with Crippen LogP contribution in [0.1, 0.15) is 30.0 Å². The molecule has 4 rings (SSSR count). The molecule has 6 nitrogen and oxygen atoms in total. The van der Waals surface area contributed by atoms with Crippen LogP contribution in [0.25, 0.3) is 0 Å². The molecule has 1 amide bonds. The zero-order valence-electron chi connectivity index (χ0n) is 16.8. The lowest BCUT2D eigenvalue weighted by molar-refractivity contribution is -0.137. The quantitative estimate of drug-likeness (QED) is 0.792. The van der Waals surface area contributed by atoms with E-state index < -0.39 is 5.54 Å².